The number of carbonyl (C=O) groups excluding carboxylic acids is 2. The Kier molecular flexibility index (Phi) is 13.6. The summed E-state index contributed by atoms with van der Waals surface area (Å²) in [6, 6.07) is 21.1. The summed E-state index contributed by atoms with van der Waals surface area (Å²) in [5.41, 5.74) is 4.80. The van der Waals surface area contributed by atoms with Crippen LogP contribution in [-0.4, -0.2) is 35.7 Å². The first-order chi connectivity index (χ1) is 18.9. The second kappa shape index (κ2) is 16.0. The molecule has 1 unspecified atom stereocenters. The number of rotatable bonds is 8. The van der Waals surface area contributed by atoms with Crippen LogP contribution in [0.1, 0.15) is 89.3 Å². The highest BCUT2D eigenvalue weighted by Gasteiger charge is 2.33. The number of ether oxygens (including phenoxy) is 2. The summed E-state index contributed by atoms with van der Waals surface area (Å²) in [5, 5.41) is 8.93. The number of aryl methyl sites for hydroxylation is 2. The van der Waals surface area contributed by atoms with Crippen molar-refractivity contribution in [1.29, 1.82) is 0 Å². The zero-order valence-electron chi connectivity index (χ0n) is 24.9. The number of aromatic carboxylic acids is 1. The van der Waals surface area contributed by atoms with Crippen LogP contribution in [0.5, 0.6) is 0 Å². The lowest BCUT2D eigenvalue weighted by molar-refractivity contribution is 0.0134. The van der Waals surface area contributed by atoms with Gasteiger partial charge in [0, 0.05) is 5.41 Å². The van der Waals surface area contributed by atoms with Gasteiger partial charge in [0.25, 0.3) is 0 Å². The maximum atomic E-state index is 12.4. The van der Waals surface area contributed by atoms with Crippen molar-refractivity contribution in [3.63, 3.8) is 0 Å². The van der Waals surface area contributed by atoms with Crippen LogP contribution in [0.3, 0.4) is 0 Å². The van der Waals surface area contributed by atoms with Crippen LogP contribution in [0.15, 0.2) is 79.4 Å². The highest BCUT2D eigenvalue weighted by Crippen LogP contribution is 2.38. The minimum atomic E-state index is -1.03. The van der Waals surface area contributed by atoms with Crippen molar-refractivity contribution in [1.82, 2.24) is 0 Å². The van der Waals surface area contributed by atoms with Gasteiger partial charge in [0.05, 0.1) is 23.3 Å². The van der Waals surface area contributed by atoms with Crippen molar-refractivity contribution in [3.05, 3.63) is 113 Å². The van der Waals surface area contributed by atoms with Crippen molar-refractivity contribution >= 4 is 23.5 Å². The van der Waals surface area contributed by atoms with Crippen molar-refractivity contribution in [2.24, 2.45) is 5.41 Å². The molecule has 0 saturated heterocycles. The van der Waals surface area contributed by atoms with Crippen molar-refractivity contribution in [2.75, 3.05) is 6.61 Å². The molecule has 0 radical (unpaired) electrons. The third-order valence-corrected chi connectivity index (χ3v) is 6.41. The summed E-state index contributed by atoms with van der Waals surface area (Å²) in [5.74, 6) is -1.77. The van der Waals surface area contributed by atoms with Crippen LogP contribution in [0.4, 0.5) is 0 Å². The molecule has 0 fully saturated rings. The van der Waals surface area contributed by atoms with Gasteiger partial charge in [-0.15, -0.1) is 0 Å². The average molecular weight is 547 g/mol. The lowest BCUT2D eigenvalue weighted by atomic mass is 9.77. The Balaban J connectivity index is 0.000000477. The molecule has 0 heterocycles. The molecule has 1 N–H and O–H groups in total. The summed E-state index contributed by atoms with van der Waals surface area (Å²) in [7, 11) is 0. The molecule has 0 spiro atoms. The number of hydrogen-bond donors (Lipinski definition) is 1. The number of benzene rings is 3. The molecule has 0 aliphatic carbocycles. The zero-order chi connectivity index (χ0) is 30.5. The maximum absolute atomic E-state index is 12.4. The highest BCUT2D eigenvalue weighted by atomic mass is 16.5. The molecule has 1 atom stereocenters. The topological polar surface area (TPSA) is 89.9 Å². The monoisotopic (exact) mass is 546 g/mol. The number of carbonyl (C=O) groups is 3. The fourth-order valence-corrected chi connectivity index (χ4v) is 3.40. The van der Waals surface area contributed by atoms with Gasteiger partial charge in [-0.2, -0.15) is 0 Å². The van der Waals surface area contributed by atoms with E-state index in [9.17, 15) is 14.4 Å². The van der Waals surface area contributed by atoms with E-state index >= 15 is 0 Å². The molecule has 40 heavy (non-hydrogen) atoms. The van der Waals surface area contributed by atoms with Crippen LogP contribution in [0, 0.1) is 19.3 Å². The molecule has 6 nitrogen and oxygen atoms in total. The molecular formula is C34H42O6. The van der Waals surface area contributed by atoms with Gasteiger partial charge in [0.2, 0.25) is 0 Å². The Labute approximate surface area is 238 Å². The van der Waals surface area contributed by atoms with Gasteiger partial charge in [-0.05, 0) is 75.2 Å². The third-order valence-electron chi connectivity index (χ3n) is 6.41. The lowest BCUT2D eigenvalue weighted by Gasteiger charge is -2.33. The summed E-state index contributed by atoms with van der Waals surface area (Å²) >= 11 is 0. The summed E-state index contributed by atoms with van der Waals surface area (Å²) in [6.45, 7) is 20.2. The van der Waals surface area contributed by atoms with E-state index in [1.165, 1.54) is 29.8 Å². The minimum absolute atomic E-state index is 0.127. The van der Waals surface area contributed by atoms with Gasteiger partial charge < -0.3 is 14.6 Å². The summed E-state index contributed by atoms with van der Waals surface area (Å²) in [6.07, 6.45) is -0.414. The largest absolute Gasteiger partial charge is 0.478 e. The second-order valence-corrected chi connectivity index (χ2v) is 9.58. The molecule has 0 aromatic heterocycles. The molecule has 0 saturated carbocycles. The van der Waals surface area contributed by atoms with E-state index in [0.717, 1.165) is 16.7 Å². The van der Waals surface area contributed by atoms with E-state index in [1.807, 2.05) is 84.9 Å². The van der Waals surface area contributed by atoms with Gasteiger partial charge in [0.1, 0.15) is 6.10 Å². The van der Waals surface area contributed by atoms with Crippen LogP contribution in [-0.2, 0) is 9.47 Å². The average Bonchev–Trinajstić information content (AvgIpc) is 2.95. The molecule has 0 aliphatic rings. The van der Waals surface area contributed by atoms with Crippen LogP contribution in [0.25, 0.3) is 5.57 Å². The molecule has 3 rings (SSSR count). The normalized spacial score (nSPS) is 11.0. The van der Waals surface area contributed by atoms with Crippen molar-refractivity contribution in [2.45, 2.75) is 61.5 Å². The van der Waals surface area contributed by atoms with E-state index < -0.39 is 23.5 Å². The standard InChI is InChI=1S/C22H24O4.C10H12O2.C2H6/c1-14-6-8-17(9-7-14)15(2)22(4,5)16(3)26-21(25)19-12-10-18(11-13-19)20(23)24;1-3-12-10(11)9-6-4-8(2)5-7-9;1-2/h6-13,16H,2H2,1,3-5H3,(H,23,24);4-7H,3H2,1-2H3;1-2H3. The van der Waals surface area contributed by atoms with Gasteiger partial charge >= 0.3 is 17.9 Å². The smallest absolute Gasteiger partial charge is 0.338 e. The predicted molar refractivity (Wildman–Crippen MR) is 161 cm³/mol. The van der Waals surface area contributed by atoms with Crippen LogP contribution in [0.2, 0.25) is 0 Å². The number of carboxylic acid groups (broad SMARTS) is 1. The van der Waals surface area contributed by atoms with E-state index in [1.54, 1.807) is 19.1 Å². The molecule has 0 bridgehead atoms. The first-order valence-corrected chi connectivity index (χ1v) is 13.4. The molecule has 3 aromatic carbocycles. The Bertz CT molecular complexity index is 1250. The van der Waals surface area contributed by atoms with E-state index in [2.05, 4.69) is 6.58 Å². The summed E-state index contributed by atoms with van der Waals surface area (Å²) < 4.78 is 10.4. The maximum Gasteiger partial charge on any atom is 0.338 e. The molecule has 0 amide bonds. The van der Waals surface area contributed by atoms with Gasteiger partial charge in [0.15, 0.2) is 0 Å². The molecule has 0 aliphatic heterocycles. The predicted octanol–water partition coefficient (Wildman–Crippen LogP) is 8.18. The van der Waals surface area contributed by atoms with E-state index in [0.29, 0.717) is 17.7 Å². The molecule has 3 aromatic rings. The number of hydrogen-bond acceptors (Lipinski definition) is 5. The first-order valence-electron chi connectivity index (χ1n) is 13.4. The molecule has 214 valence electrons. The number of esters is 2. The number of carboxylic acids is 1. The fraction of sp³-hybridized carbons (Fsp3) is 0.324. The Morgan fingerprint density at radius 3 is 1.55 bits per heavy atom. The molecule has 6 heteroatoms. The van der Waals surface area contributed by atoms with E-state index in [-0.39, 0.29) is 11.5 Å². The lowest BCUT2D eigenvalue weighted by Crippen LogP contribution is -2.32. The third kappa shape index (κ3) is 9.84. The van der Waals surface area contributed by atoms with Crippen molar-refractivity contribution in [3.8, 4) is 0 Å². The van der Waals surface area contributed by atoms with Crippen LogP contribution >= 0.6 is 0 Å². The SMILES string of the molecule is C=C(c1ccc(C)cc1)C(C)(C)C(C)OC(=O)c1ccc(C(=O)O)cc1.CC.CCOC(=O)c1ccc(C)cc1. The fourth-order valence-electron chi connectivity index (χ4n) is 3.40. The quantitative estimate of drug-likeness (QED) is 0.287. The first kappa shape index (κ1) is 33.8. The van der Waals surface area contributed by atoms with Crippen LogP contribution < -0.4 is 0 Å². The second-order valence-electron chi connectivity index (χ2n) is 9.58. The summed E-state index contributed by atoms with van der Waals surface area (Å²) in [4.78, 5) is 34.4. The Morgan fingerprint density at radius 1 is 0.750 bits per heavy atom. The molecular weight excluding hydrogens is 504 g/mol. The Morgan fingerprint density at radius 2 is 1.12 bits per heavy atom. The van der Waals surface area contributed by atoms with Gasteiger partial charge in [-0.25, -0.2) is 14.4 Å². The zero-order valence-corrected chi connectivity index (χ0v) is 24.9. The van der Waals surface area contributed by atoms with Crippen molar-refractivity contribution < 1.29 is 29.0 Å². The Hall–Kier alpha value is -4.19. The van der Waals surface area contributed by atoms with Gasteiger partial charge in [-0.1, -0.05) is 81.8 Å². The van der Waals surface area contributed by atoms with Gasteiger partial charge in [-0.3, -0.25) is 0 Å². The highest BCUT2D eigenvalue weighted by molar-refractivity contribution is 5.92. The van der Waals surface area contributed by atoms with E-state index in [4.69, 9.17) is 14.6 Å². The minimum Gasteiger partial charge on any atom is -0.478 e.